The predicted molar refractivity (Wildman–Crippen MR) is 73.1 cm³/mol. The van der Waals surface area contributed by atoms with Gasteiger partial charge in [-0.1, -0.05) is 23.5 Å². The van der Waals surface area contributed by atoms with E-state index in [2.05, 4.69) is 4.74 Å². The first-order valence-electron chi connectivity index (χ1n) is 5.06. The van der Waals surface area contributed by atoms with Crippen molar-refractivity contribution in [1.82, 2.24) is 0 Å². The number of alkyl halides is 2. The van der Waals surface area contributed by atoms with Crippen LogP contribution in [0.3, 0.4) is 0 Å². The number of thioether (sulfide) groups is 3. The van der Waals surface area contributed by atoms with Crippen LogP contribution in [0.15, 0.2) is 9.65 Å². The lowest BCUT2D eigenvalue weighted by atomic mass is 10.2. The van der Waals surface area contributed by atoms with Gasteiger partial charge in [-0.25, -0.2) is 4.79 Å². The van der Waals surface area contributed by atoms with Crippen LogP contribution in [0.5, 0.6) is 0 Å². The quantitative estimate of drug-likeness (QED) is 0.793. The first-order chi connectivity index (χ1) is 8.51. The van der Waals surface area contributed by atoms with E-state index >= 15 is 0 Å². The van der Waals surface area contributed by atoms with Gasteiger partial charge in [0.1, 0.15) is 5.60 Å². The molecular weight excluding hydrogens is 318 g/mol. The average Bonchev–Trinajstić information content (AvgIpc) is 2.11. The molecule has 0 spiro atoms. The number of hydrogen-bond acceptors (Lipinski definition) is 6. The second-order valence-electron chi connectivity index (χ2n) is 4.48. The summed E-state index contributed by atoms with van der Waals surface area (Å²) in [7, 11) is 0. The molecular formula is C10H12F2O4S3. The summed E-state index contributed by atoms with van der Waals surface area (Å²) in [5.41, 5.74) is -0.984. The Labute approximate surface area is 121 Å². The molecule has 0 saturated carbocycles. The summed E-state index contributed by atoms with van der Waals surface area (Å²) in [6.07, 6.45) is 0. The minimum Gasteiger partial charge on any atom is -0.480 e. The predicted octanol–water partition coefficient (Wildman–Crippen LogP) is 3.34. The zero-order valence-electron chi connectivity index (χ0n) is 10.3. The van der Waals surface area contributed by atoms with Crippen molar-refractivity contribution in [2.24, 2.45) is 0 Å². The molecule has 0 bridgehead atoms. The van der Waals surface area contributed by atoms with Gasteiger partial charge in [-0.05, 0) is 37.9 Å². The molecule has 1 fully saturated rings. The van der Waals surface area contributed by atoms with Crippen LogP contribution in [0.2, 0.25) is 0 Å². The number of hydrogen-bond donors (Lipinski definition) is 1. The first-order valence-corrected chi connectivity index (χ1v) is 7.70. The fraction of sp³-hybridized carbons (Fsp3) is 0.600. The molecule has 0 aromatic carbocycles. The van der Waals surface area contributed by atoms with Crippen LogP contribution < -0.4 is 0 Å². The number of rotatable bonds is 4. The molecule has 9 heteroatoms. The summed E-state index contributed by atoms with van der Waals surface area (Å²) < 4.78 is 31.2. The van der Waals surface area contributed by atoms with Gasteiger partial charge in [0.15, 0.2) is 4.58 Å². The van der Waals surface area contributed by atoms with E-state index in [4.69, 9.17) is 5.11 Å². The molecule has 0 unspecified atom stereocenters. The van der Waals surface area contributed by atoms with Gasteiger partial charge in [0.05, 0.1) is 0 Å². The van der Waals surface area contributed by atoms with Gasteiger partial charge in [0, 0.05) is 4.24 Å². The van der Waals surface area contributed by atoms with Crippen LogP contribution >= 0.6 is 35.3 Å². The second kappa shape index (κ2) is 5.92. The number of halogens is 2. The van der Waals surface area contributed by atoms with Gasteiger partial charge in [0.25, 0.3) is 0 Å². The fourth-order valence-electron chi connectivity index (χ4n) is 0.884. The minimum atomic E-state index is -3.68. The van der Waals surface area contributed by atoms with Gasteiger partial charge in [-0.15, -0.1) is 0 Å². The Morgan fingerprint density at radius 2 is 1.89 bits per heavy atom. The van der Waals surface area contributed by atoms with Crippen molar-refractivity contribution >= 4 is 47.2 Å². The van der Waals surface area contributed by atoms with E-state index in [0.29, 0.717) is 4.24 Å². The van der Waals surface area contributed by atoms with Crippen LogP contribution in [-0.4, -0.2) is 32.5 Å². The zero-order chi connectivity index (χ0) is 14.8. The Morgan fingerprint density at radius 1 is 1.37 bits per heavy atom. The van der Waals surface area contributed by atoms with Gasteiger partial charge in [0.2, 0.25) is 0 Å². The molecule has 0 atom stereocenters. The molecule has 1 rings (SSSR count). The summed E-state index contributed by atoms with van der Waals surface area (Å²) in [5.74, 6) is -2.61. The van der Waals surface area contributed by atoms with Crippen molar-refractivity contribution in [3.8, 4) is 0 Å². The molecule has 4 nitrogen and oxygen atoms in total. The number of carbonyl (C=O) groups is 2. The van der Waals surface area contributed by atoms with Crippen molar-refractivity contribution in [3.63, 3.8) is 0 Å². The summed E-state index contributed by atoms with van der Waals surface area (Å²) in [6, 6.07) is 0. The van der Waals surface area contributed by atoms with Crippen LogP contribution in [0.25, 0.3) is 0 Å². The highest BCUT2D eigenvalue weighted by atomic mass is 32.3. The van der Waals surface area contributed by atoms with Crippen LogP contribution in [-0.2, 0) is 14.3 Å². The molecule has 1 aliphatic heterocycles. The highest BCUT2D eigenvalue weighted by molar-refractivity contribution is 8.39. The van der Waals surface area contributed by atoms with Crippen molar-refractivity contribution in [2.75, 3.05) is 0 Å². The Morgan fingerprint density at radius 3 is 2.32 bits per heavy atom. The van der Waals surface area contributed by atoms with E-state index < -0.39 is 27.4 Å². The zero-order valence-corrected chi connectivity index (χ0v) is 12.8. The largest absolute Gasteiger partial charge is 0.480 e. The number of carbonyl (C=O) groups excluding carboxylic acids is 1. The summed E-state index contributed by atoms with van der Waals surface area (Å²) in [5, 5.41) is 5.99. The molecule has 1 aliphatic rings. The lowest BCUT2D eigenvalue weighted by Crippen LogP contribution is -2.34. The minimum absolute atomic E-state index is 0.0207. The maximum atomic E-state index is 13.4. The molecule has 19 heavy (non-hydrogen) atoms. The second-order valence-corrected chi connectivity index (χ2v) is 8.31. The molecule has 0 amide bonds. The van der Waals surface area contributed by atoms with E-state index in [0.717, 1.165) is 28.9 Å². The van der Waals surface area contributed by atoms with Crippen LogP contribution in [0, 0.1) is 0 Å². The van der Waals surface area contributed by atoms with E-state index in [-0.39, 0.29) is 11.8 Å². The first kappa shape index (κ1) is 16.6. The van der Waals surface area contributed by atoms with Crippen molar-refractivity contribution in [1.29, 1.82) is 0 Å². The van der Waals surface area contributed by atoms with Crippen LogP contribution in [0.1, 0.15) is 20.8 Å². The smallest absolute Gasteiger partial charge is 0.392 e. The summed E-state index contributed by atoms with van der Waals surface area (Å²) in [4.78, 5) is 21.7. The Balaban J connectivity index is 2.50. The average molecular weight is 330 g/mol. The number of carboxylic acid groups (broad SMARTS) is 1. The third-order valence-electron chi connectivity index (χ3n) is 1.59. The third kappa shape index (κ3) is 5.23. The number of esters is 1. The molecule has 0 radical (unpaired) electrons. The van der Waals surface area contributed by atoms with Crippen molar-refractivity contribution in [2.45, 2.75) is 36.2 Å². The van der Waals surface area contributed by atoms with E-state index in [1.807, 2.05) is 0 Å². The third-order valence-corrected chi connectivity index (χ3v) is 5.39. The number of ether oxygens (including phenoxy) is 1. The molecule has 1 N–H and O–H groups in total. The molecule has 0 aromatic heterocycles. The Bertz CT molecular complexity index is 409. The van der Waals surface area contributed by atoms with Gasteiger partial charge >= 0.3 is 17.2 Å². The fourth-order valence-corrected chi connectivity index (χ4v) is 3.55. The highest BCUT2D eigenvalue weighted by Gasteiger charge is 2.43. The SMILES string of the molecule is CC(C)(C)OC(=O)C(F)(F)SC=C1SC(C(=O)O)S1. The van der Waals surface area contributed by atoms with Crippen molar-refractivity contribution in [3.05, 3.63) is 9.65 Å². The highest BCUT2D eigenvalue weighted by Crippen LogP contribution is 2.52. The maximum absolute atomic E-state index is 13.4. The van der Waals surface area contributed by atoms with E-state index in [1.165, 1.54) is 20.8 Å². The van der Waals surface area contributed by atoms with E-state index in [9.17, 15) is 18.4 Å². The lowest BCUT2D eigenvalue weighted by Gasteiger charge is -2.25. The standard InChI is InChI=1S/C10H12F2O4S3/c1-9(2,3)16-8(15)10(11,12)17-4-5-18-7(19-5)6(13)14/h4,7H,1-3H3,(H,13,14). The monoisotopic (exact) mass is 330 g/mol. The maximum Gasteiger partial charge on any atom is 0.392 e. The number of aliphatic carboxylic acids is 1. The van der Waals surface area contributed by atoms with Gasteiger partial charge in [-0.2, -0.15) is 8.78 Å². The summed E-state index contributed by atoms with van der Waals surface area (Å²) >= 11 is 1.95. The van der Waals surface area contributed by atoms with Gasteiger partial charge < -0.3 is 9.84 Å². The van der Waals surface area contributed by atoms with E-state index in [1.54, 1.807) is 0 Å². The lowest BCUT2D eigenvalue weighted by molar-refractivity contribution is -0.171. The molecule has 1 heterocycles. The van der Waals surface area contributed by atoms with Crippen molar-refractivity contribution < 1.29 is 28.2 Å². The summed E-state index contributed by atoms with van der Waals surface area (Å²) in [6.45, 7) is 4.50. The van der Waals surface area contributed by atoms with Gasteiger partial charge in [-0.3, -0.25) is 4.79 Å². The number of carboxylic acids is 1. The topological polar surface area (TPSA) is 63.6 Å². The normalized spacial score (nSPS) is 19.6. The molecule has 1 saturated heterocycles. The molecule has 0 aliphatic carbocycles. The Hall–Kier alpha value is -0.410. The molecule has 108 valence electrons. The Kier molecular flexibility index (Phi) is 5.19. The molecule has 0 aromatic rings. The van der Waals surface area contributed by atoms with Crippen LogP contribution in [0.4, 0.5) is 8.78 Å².